The highest BCUT2D eigenvalue weighted by atomic mass is 32.1. The van der Waals surface area contributed by atoms with E-state index < -0.39 is 6.36 Å². The van der Waals surface area contributed by atoms with Crippen molar-refractivity contribution in [2.75, 3.05) is 0 Å². The van der Waals surface area contributed by atoms with Crippen LogP contribution in [0.15, 0.2) is 29.6 Å². The molecule has 20 heavy (non-hydrogen) atoms. The zero-order chi connectivity index (χ0) is 15.0. The van der Waals surface area contributed by atoms with E-state index in [9.17, 15) is 13.2 Å². The van der Waals surface area contributed by atoms with Crippen LogP contribution in [0.3, 0.4) is 0 Å². The van der Waals surface area contributed by atoms with Gasteiger partial charge in [-0.3, -0.25) is 0 Å². The molecule has 0 aliphatic heterocycles. The van der Waals surface area contributed by atoms with Crippen LogP contribution >= 0.6 is 11.3 Å². The zero-order valence-corrected chi connectivity index (χ0v) is 12.1. The third-order valence-electron chi connectivity index (χ3n) is 2.61. The van der Waals surface area contributed by atoms with E-state index in [1.807, 2.05) is 5.38 Å². The number of hydrogen-bond acceptors (Lipinski definition) is 3. The van der Waals surface area contributed by atoms with E-state index in [4.69, 9.17) is 0 Å². The fourth-order valence-corrected chi connectivity index (χ4v) is 2.60. The monoisotopic (exact) mass is 301 g/mol. The zero-order valence-electron chi connectivity index (χ0n) is 11.3. The first-order chi connectivity index (χ1) is 9.15. The Labute approximate surface area is 119 Å². The van der Waals surface area contributed by atoms with E-state index in [2.05, 4.69) is 30.5 Å². The molecule has 0 aliphatic carbocycles. The largest absolute Gasteiger partial charge is 0.573 e. The second-order valence-electron chi connectivity index (χ2n) is 5.36. The highest BCUT2D eigenvalue weighted by Gasteiger charge is 2.31. The molecule has 0 saturated heterocycles. The van der Waals surface area contributed by atoms with Crippen molar-refractivity contribution in [3.05, 3.63) is 35.3 Å². The van der Waals surface area contributed by atoms with E-state index in [-0.39, 0.29) is 11.2 Å². The molecule has 0 aliphatic rings. The van der Waals surface area contributed by atoms with Gasteiger partial charge in [-0.15, -0.1) is 24.5 Å². The minimum atomic E-state index is -4.66. The lowest BCUT2D eigenvalue weighted by Crippen LogP contribution is -2.16. The molecule has 0 atom stereocenters. The van der Waals surface area contributed by atoms with Crippen LogP contribution in [-0.4, -0.2) is 11.3 Å². The Hall–Kier alpha value is -1.56. The Bertz CT molecular complexity index is 582. The summed E-state index contributed by atoms with van der Waals surface area (Å²) >= 11 is 1.47. The predicted molar refractivity (Wildman–Crippen MR) is 72.9 cm³/mol. The van der Waals surface area contributed by atoms with Gasteiger partial charge in [-0.2, -0.15) is 0 Å². The van der Waals surface area contributed by atoms with Crippen molar-refractivity contribution in [1.29, 1.82) is 0 Å². The molecule has 0 spiro atoms. The van der Waals surface area contributed by atoms with Crippen molar-refractivity contribution in [3.8, 4) is 16.3 Å². The summed E-state index contributed by atoms with van der Waals surface area (Å²) in [4.78, 5) is 4.51. The van der Waals surface area contributed by atoms with Gasteiger partial charge < -0.3 is 4.74 Å². The first-order valence-corrected chi connectivity index (χ1v) is 6.85. The summed E-state index contributed by atoms with van der Waals surface area (Å²) in [6.07, 6.45) is -4.66. The van der Waals surface area contributed by atoms with Gasteiger partial charge in [0.05, 0.1) is 5.69 Å². The molecule has 2 nitrogen and oxygen atoms in total. The Kier molecular flexibility index (Phi) is 3.77. The number of halogens is 3. The van der Waals surface area contributed by atoms with Gasteiger partial charge in [0.15, 0.2) is 0 Å². The third kappa shape index (κ3) is 3.72. The van der Waals surface area contributed by atoms with Crippen molar-refractivity contribution in [1.82, 2.24) is 4.98 Å². The molecule has 0 amide bonds. The number of aromatic nitrogens is 1. The molecule has 0 fully saturated rings. The van der Waals surface area contributed by atoms with Gasteiger partial charge in [0, 0.05) is 16.4 Å². The van der Waals surface area contributed by atoms with Gasteiger partial charge in [0.25, 0.3) is 0 Å². The van der Waals surface area contributed by atoms with Crippen LogP contribution in [0.5, 0.6) is 5.75 Å². The normalized spacial score (nSPS) is 12.5. The minimum Gasteiger partial charge on any atom is -0.406 e. The molecule has 0 radical (unpaired) electrons. The minimum absolute atomic E-state index is 0.0475. The lowest BCUT2D eigenvalue weighted by atomic mass is 9.93. The molecule has 0 saturated carbocycles. The summed E-state index contributed by atoms with van der Waals surface area (Å²) < 4.78 is 40.0. The first-order valence-electron chi connectivity index (χ1n) is 5.97. The number of ether oxygens (including phenoxy) is 1. The Balaban J connectivity index is 2.20. The van der Waals surface area contributed by atoms with E-state index in [0.29, 0.717) is 0 Å². The Morgan fingerprint density at radius 2 is 1.65 bits per heavy atom. The summed E-state index contributed by atoms with van der Waals surface area (Å²) in [6.45, 7) is 6.18. The van der Waals surface area contributed by atoms with Gasteiger partial charge in [-0.1, -0.05) is 20.8 Å². The van der Waals surface area contributed by atoms with E-state index in [1.165, 1.54) is 23.5 Å². The number of rotatable bonds is 2. The lowest BCUT2D eigenvalue weighted by molar-refractivity contribution is -0.274. The molecule has 0 unspecified atom stereocenters. The lowest BCUT2D eigenvalue weighted by Gasteiger charge is -2.14. The summed E-state index contributed by atoms with van der Waals surface area (Å²) in [5, 5.41) is 2.75. The summed E-state index contributed by atoms with van der Waals surface area (Å²) in [6, 6.07) is 5.74. The number of benzene rings is 1. The Morgan fingerprint density at radius 1 is 1.05 bits per heavy atom. The van der Waals surface area contributed by atoms with Crippen molar-refractivity contribution >= 4 is 11.3 Å². The predicted octanol–water partition coefficient (Wildman–Crippen LogP) is 5.01. The SMILES string of the molecule is CC(C)(C)c1csc(-c2ccc(OC(F)(F)F)cc2)n1. The average molecular weight is 301 g/mol. The standard InChI is InChI=1S/C14H14F3NOS/c1-13(2,3)11-8-20-12(18-11)9-4-6-10(7-5-9)19-14(15,16)17/h4-8H,1-3H3. The molecular weight excluding hydrogens is 287 g/mol. The van der Waals surface area contributed by atoms with Crippen LogP contribution in [-0.2, 0) is 5.41 Å². The number of thiazole rings is 1. The highest BCUT2D eigenvalue weighted by Crippen LogP contribution is 2.31. The first kappa shape index (κ1) is 14.8. The fourth-order valence-electron chi connectivity index (χ4n) is 1.55. The van der Waals surface area contributed by atoms with Gasteiger partial charge in [0.2, 0.25) is 0 Å². The molecule has 2 aromatic rings. The van der Waals surface area contributed by atoms with Gasteiger partial charge >= 0.3 is 6.36 Å². The van der Waals surface area contributed by atoms with Crippen molar-refractivity contribution < 1.29 is 17.9 Å². The molecule has 0 bridgehead atoms. The van der Waals surface area contributed by atoms with Crippen molar-refractivity contribution in [2.45, 2.75) is 32.5 Å². The molecule has 0 N–H and O–H groups in total. The average Bonchev–Trinajstić information content (AvgIpc) is 2.76. The molecule has 1 aromatic carbocycles. The maximum absolute atomic E-state index is 12.1. The van der Waals surface area contributed by atoms with Crippen LogP contribution < -0.4 is 4.74 Å². The second kappa shape index (κ2) is 5.09. The van der Waals surface area contributed by atoms with Crippen LogP contribution in [0.25, 0.3) is 10.6 Å². The van der Waals surface area contributed by atoms with Gasteiger partial charge in [0.1, 0.15) is 10.8 Å². The smallest absolute Gasteiger partial charge is 0.406 e. The number of hydrogen-bond donors (Lipinski definition) is 0. The molecule has 2 rings (SSSR count). The molecular formula is C14H14F3NOS. The van der Waals surface area contributed by atoms with Crippen LogP contribution in [0.4, 0.5) is 13.2 Å². The third-order valence-corrected chi connectivity index (χ3v) is 3.50. The molecule has 1 aromatic heterocycles. The van der Waals surface area contributed by atoms with Crippen molar-refractivity contribution in [2.24, 2.45) is 0 Å². The topological polar surface area (TPSA) is 22.1 Å². The summed E-state index contributed by atoms with van der Waals surface area (Å²) in [5.41, 5.74) is 1.70. The molecule has 108 valence electrons. The van der Waals surface area contributed by atoms with E-state index in [0.717, 1.165) is 16.3 Å². The fraction of sp³-hybridized carbons (Fsp3) is 0.357. The van der Waals surface area contributed by atoms with Crippen LogP contribution in [0, 0.1) is 0 Å². The summed E-state index contributed by atoms with van der Waals surface area (Å²) in [7, 11) is 0. The highest BCUT2D eigenvalue weighted by molar-refractivity contribution is 7.13. The van der Waals surface area contributed by atoms with Crippen LogP contribution in [0.2, 0.25) is 0 Å². The Morgan fingerprint density at radius 3 is 2.10 bits per heavy atom. The number of alkyl halides is 3. The van der Waals surface area contributed by atoms with E-state index >= 15 is 0 Å². The molecule has 6 heteroatoms. The van der Waals surface area contributed by atoms with Crippen LogP contribution in [0.1, 0.15) is 26.5 Å². The van der Waals surface area contributed by atoms with Gasteiger partial charge in [-0.05, 0) is 24.3 Å². The van der Waals surface area contributed by atoms with Crippen molar-refractivity contribution in [3.63, 3.8) is 0 Å². The number of nitrogens with zero attached hydrogens (tertiary/aromatic N) is 1. The second-order valence-corrected chi connectivity index (χ2v) is 6.22. The summed E-state index contributed by atoms with van der Waals surface area (Å²) in [5.74, 6) is -0.228. The van der Waals surface area contributed by atoms with Gasteiger partial charge in [-0.25, -0.2) is 4.98 Å². The maximum atomic E-state index is 12.1. The quantitative estimate of drug-likeness (QED) is 0.778. The maximum Gasteiger partial charge on any atom is 0.573 e. The van der Waals surface area contributed by atoms with E-state index in [1.54, 1.807) is 12.1 Å². The molecule has 1 heterocycles.